The van der Waals surface area contributed by atoms with E-state index in [4.69, 9.17) is 4.74 Å². The molecule has 4 aliphatic rings. The number of ether oxygens (including phenoxy) is 1. The van der Waals surface area contributed by atoms with E-state index in [0.29, 0.717) is 0 Å². The molecule has 4 unspecified atom stereocenters. The van der Waals surface area contributed by atoms with Gasteiger partial charge in [-0.3, -0.25) is 4.99 Å². The molecule has 6 rings (SSSR count). The van der Waals surface area contributed by atoms with Crippen molar-refractivity contribution in [2.75, 3.05) is 0 Å². The molecule has 0 spiro atoms. The summed E-state index contributed by atoms with van der Waals surface area (Å²) >= 11 is 0. The standard InChI is InChI=1S/C14H12N4O3/c1-16-13(19)17-9-8(7-5-3-2-4-6-7)15-12(11-10(9)21-11)18(17)14(16)20/h2-6,9-12H,1H3. The maximum Gasteiger partial charge on any atom is 0.349 e. The Morgan fingerprint density at radius 1 is 1.05 bits per heavy atom. The van der Waals surface area contributed by atoms with Crippen molar-refractivity contribution in [1.29, 1.82) is 0 Å². The van der Waals surface area contributed by atoms with E-state index in [0.717, 1.165) is 15.8 Å². The highest BCUT2D eigenvalue weighted by Crippen LogP contribution is 2.49. The Morgan fingerprint density at radius 2 is 1.76 bits per heavy atom. The molecule has 0 amide bonds. The molecule has 1 fully saturated rings. The van der Waals surface area contributed by atoms with Gasteiger partial charge in [0.15, 0.2) is 6.17 Å². The van der Waals surface area contributed by atoms with E-state index in [2.05, 4.69) is 4.99 Å². The van der Waals surface area contributed by atoms with Gasteiger partial charge in [0.25, 0.3) is 0 Å². The van der Waals surface area contributed by atoms with Gasteiger partial charge in [-0.1, -0.05) is 30.3 Å². The fourth-order valence-corrected chi connectivity index (χ4v) is 3.45. The smallest absolute Gasteiger partial charge is 0.349 e. The van der Waals surface area contributed by atoms with Crippen LogP contribution in [0, 0.1) is 0 Å². The minimum absolute atomic E-state index is 0.0535. The number of aromatic nitrogens is 3. The molecule has 0 N–H and O–H groups in total. The molecular formula is C14H12N4O3. The minimum Gasteiger partial charge on any atom is -0.362 e. The topological polar surface area (TPSA) is 73.8 Å². The highest BCUT2D eigenvalue weighted by Gasteiger charge is 2.62. The number of benzene rings is 1. The summed E-state index contributed by atoms with van der Waals surface area (Å²) in [5.41, 5.74) is 1.15. The Labute approximate surface area is 118 Å². The normalized spacial score (nSPS) is 31.6. The first-order valence-corrected chi connectivity index (χ1v) is 6.87. The van der Waals surface area contributed by atoms with Gasteiger partial charge in [-0.2, -0.15) is 0 Å². The Kier molecular flexibility index (Phi) is 1.84. The Hall–Kier alpha value is -2.41. The second kappa shape index (κ2) is 3.43. The molecule has 7 heteroatoms. The molecule has 4 aliphatic heterocycles. The van der Waals surface area contributed by atoms with Crippen molar-refractivity contribution in [3.63, 3.8) is 0 Å². The van der Waals surface area contributed by atoms with Crippen LogP contribution in [0.3, 0.4) is 0 Å². The Morgan fingerprint density at radius 3 is 2.52 bits per heavy atom. The first kappa shape index (κ1) is 11.3. The van der Waals surface area contributed by atoms with Crippen molar-refractivity contribution in [2.45, 2.75) is 24.4 Å². The van der Waals surface area contributed by atoms with Crippen LogP contribution in [0.2, 0.25) is 0 Å². The zero-order valence-corrected chi connectivity index (χ0v) is 11.2. The molecule has 0 radical (unpaired) electrons. The number of nitrogens with zero attached hydrogens (tertiary/aromatic N) is 4. The van der Waals surface area contributed by atoms with E-state index in [-0.39, 0.29) is 29.6 Å². The summed E-state index contributed by atoms with van der Waals surface area (Å²) in [6, 6.07) is 9.43. The largest absolute Gasteiger partial charge is 0.362 e. The van der Waals surface area contributed by atoms with Crippen LogP contribution in [0.25, 0.3) is 0 Å². The average molecular weight is 284 g/mol. The van der Waals surface area contributed by atoms with E-state index in [1.165, 1.54) is 16.4 Å². The number of hydrogen-bond acceptors (Lipinski definition) is 4. The SMILES string of the molecule is Cn1c(=O)n2n(c1=O)C1C(c3ccccc3)=NC2C2OC21. The number of aliphatic imine (C=N–C) groups is 1. The van der Waals surface area contributed by atoms with E-state index in [1.807, 2.05) is 30.3 Å². The van der Waals surface area contributed by atoms with Gasteiger partial charge in [0.1, 0.15) is 18.2 Å². The molecule has 0 aliphatic carbocycles. The maximum atomic E-state index is 12.4. The third-order valence-corrected chi connectivity index (χ3v) is 4.50. The second-order valence-electron chi connectivity index (χ2n) is 5.62. The lowest BCUT2D eigenvalue weighted by molar-refractivity contribution is 0.273. The van der Waals surface area contributed by atoms with Gasteiger partial charge in [0, 0.05) is 7.05 Å². The van der Waals surface area contributed by atoms with Crippen LogP contribution >= 0.6 is 0 Å². The van der Waals surface area contributed by atoms with Gasteiger partial charge < -0.3 is 4.74 Å². The molecule has 5 heterocycles. The number of rotatable bonds is 1. The quantitative estimate of drug-likeness (QED) is 0.673. The molecular weight excluding hydrogens is 272 g/mol. The van der Waals surface area contributed by atoms with E-state index in [1.54, 1.807) is 0 Å². The fraction of sp³-hybridized carbons (Fsp3) is 0.357. The van der Waals surface area contributed by atoms with Crippen LogP contribution in [0.1, 0.15) is 17.8 Å². The fourth-order valence-electron chi connectivity index (χ4n) is 3.45. The molecule has 1 aromatic carbocycles. The van der Waals surface area contributed by atoms with Crippen molar-refractivity contribution in [3.8, 4) is 0 Å². The van der Waals surface area contributed by atoms with Gasteiger partial charge >= 0.3 is 11.4 Å². The molecule has 7 nitrogen and oxygen atoms in total. The van der Waals surface area contributed by atoms with Crippen molar-refractivity contribution in [2.24, 2.45) is 12.0 Å². The summed E-state index contributed by atoms with van der Waals surface area (Å²) in [5, 5.41) is 0. The van der Waals surface area contributed by atoms with Crippen molar-refractivity contribution < 1.29 is 4.74 Å². The summed E-state index contributed by atoms with van der Waals surface area (Å²) in [4.78, 5) is 29.3. The molecule has 2 bridgehead atoms. The third-order valence-electron chi connectivity index (χ3n) is 4.50. The molecule has 21 heavy (non-hydrogen) atoms. The summed E-state index contributed by atoms with van der Waals surface area (Å²) < 4.78 is 9.75. The van der Waals surface area contributed by atoms with Crippen LogP contribution in [0.5, 0.6) is 0 Å². The van der Waals surface area contributed by atoms with Gasteiger partial charge in [0.2, 0.25) is 0 Å². The van der Waals surface area contributed by atoms with Crippen molar-refractivity contribution in [3.05, 3.63) is 56.9 Å². The predicted molar refractivity (Wildman–Crippen MR) is 73.6 cm³/mol. The molecule has 0 saturated carbocycles. The van der Waals surface area contributed by atoms with Gasteiger partial charge in [-0.15, -0.1) is 0 Å². The van der Waals surface area contributed by atoms with Gasteiger partial charge in [-0.05, 0) is 5.56 Å². The molecule has 1 saturated heterocycles. The third kappa shape index (κ3) is 1.20. The summed E-state index contributed by atoms with van der Waals surface area (Å²) in [7, 11) is 1.50. The second-order valence-corrected chi connectivity index (χ2v) is 5.62. The lowest BCUT2D eigenvalue weighted by Gasteiger charge is -2.33. The summed E-state index contributed by atoms with van der Waals surface area (Å²) in [5.74, 6) is 0. The van der Waals surface area contributed by atoms with Crippen LogP contribution in [-0.2, 0) is 11.8 Å². The van der Waals surface area contributed by atoms with Gasteiger partial charge in [0.05, 0.1) is 5.71 Å². The highest BCUT2D eigenvalue weighted by molar-refractivity contribution is 6.05. The number of epoxide rings is 1. The van der Waals surface area contributed by atoms with Crippen LogP contribution in [-0.4, -0.2) is 31.9 Å². The first-order valence-electron chi connectivity index (χ1n) is 6.87. The van der Waals surface area contributed by atoms with E-state index < -0.39 is 6.17 Å². The Balaban J connectivity index is 1.80. The van der Waals surface area contributed by atoms with E-state index in [9.17, 15) is 9.59 Å². The molecule has 1 aromatic heterocycles. The monoisotopic (exact) mass is 284 g/mol. The van der Waals surface area contributed by atoms with Crippen molar-refractivity contribution >= 4 is 5.71 Å². The minimum atomic E-state index is -0.434. The lowest BCUT2D eigenvalue weighted by atomic mass is 9.94. The molecule has 4 atom stereocenters. The highest BCUT2D eigenvalue weighted by atomic mass is 16.6. The maximum absolute atomic E-state index is 12.4. The Bertz CT molecular complexity index is 905. The van der Waals surface area contributed by atoms with Crippen LogP contribution in [0.4, 0.5) is 0 Å². The number of hydrogen-bond donors (Lipinski definition) is 0. The molecule has 106 valence electrons. The molecule has 2 aromatic rings. The van der Waals surface area contributed by atoms with Crippen LogP contribution < -0.4 is 11.4 Å². The summed E-state index contributed by atoms with van der Waals surface area (Å²) in [6.45, 7) is 0. The zero-order chi connectivity index (χ0) is 14.3. The average Bonchev–Trinajstić information content (AvgIpc) is 3.30. The predicted octanol–water partition coefficient (Wildman–Crippen LogP) is -0.328. The lowest BCUT2D eigenvalue weighted by Crippen LogP contribution is -2.49. The van der Waals surface area contributed by atoms with Gasteiger partial charge in [-0.25, -0.2) is 23.5 Å². The van der Waals surface area contributed by atoms with Crippen molar-refractivity contribution in [1.82, 2.24) is 13.9 Å². The first-order chi connectivity index (χ1) is 10.2. The zero-order valence-electron chi connectivity index (χ0n) is 11.2. The summed E-state index contributed by atoms with van der Waals surface area (Å²) in [6.07, 6.45) is -0.569. The van der Waals surface area contributed by atoms with Crippen LogP contribution in [0.15, 0.2) is 44.9 Å². The van der Waals surface area contributed by atoms with E-state index >= 15 is 0 Å².